The molecule has 3 rings (SSSR count). The lowest BCUT2D eigenvalue weighted by molar-refractivity contribution is 0.270. The molecule has 1 saturated heterocycles. The first-order valence-electron chi connectivity index (χ1n) is 7.58. The summed E-state index contributed by atoms with van der Waals surface area (Å²) in [5.74, 6) is 1.53. The summed E-state index contributed by atoms with van der Waals surface area (Å²) in [6, 6.07) is 9.55. The van der Waals surface area contributed by atoms with Gasteiger partial charge in [-0.2, -0.15) is 4.98 Å². The molecular formula is C16H20ClN5. The number of halogens is 1. The molecule has 1 fully saturated rings. The fraction of sp³-hybridized carbons (Fsp3) is 0.375. The predicted octanol–water partition coefficient (Wildman–Crippen LogP) is 3.02. The van der Waals surface area contributed by atoms with E-state index >= 15 is 0 Å². The van der Waals surface area contributed by atoms with Gasteiger partial charge in [-0.25, -0.2) is 4.98 Å². The highest BCUT2D eigenvalue weighted by molar-refractivity contribution is 6.33. The zero-order valence-electron chi connectivity index (χ0n) is 12.7. The van der Waals surface area contributed by atoms with Crippen LogP contribution < -0.4 is 10.2 Å². The Morgan fingerprint density at radius 2 is 1.91 bits per heavy atom. The van der Waals surface area contributed by atoms with Crippen LogP contribution in [0.3, 0.4) is 0 Å². The van der Waals surface area contributed by atoms with E-state index in [0.717, 1.165) is 44.2 Å². The highest BCUT2D eigenvalue weighted by atomic mass is 35.5. The van der Waals surface area contributed by atoms with E-state index in [4.69, 9.17) is 11.6 Å². The van der Waals surface area contributed by atoms with Gasteiger partial charge in [-0.3, -0.25) is 0 Å². The van der Waals surface area contributed by atoms with Crippen LogP contribution >= 0.6 is 11.6 Å². The highest BCUT2D eigenvalue weighted by Gasteiger charge is 2.17. The Labute approximate surface area is 135 Å². The second-order valence-electron chi connectivity index (χ2n) is 5.26. The third-order valence-corrected chi connectivity index (χ3v) is 4.23. The van der Waals surface area contributed by atoms with Crippen LogP contribution in [-0.2, 0) is 0 Å². The number of aromatic nitrogens is 2. The molecular weight excluding hydrogens is 298 g/mol. The number of piperazine rings is 1. The van der Waals surface area contributed by atoms with Crippen LogP contribution in [0.1, 0.15) is 6.92 Å². The molecule has 0 unspecified atom stereocenters. The van der Waals surface area contributed by atoms with Gasteiger partial charge in [0.2, 0.25) is 5.95 Å². The largest absolute Gasteiger partial charge is 0.354 e. The van der Waals surface area contributed by atoms with Crippen molar-refractivity contribution in [2.45, 2.75) is 6.92 Å². The molecule has 2 aromatic rings. The Morgan fingerprint density at radius 1 is 1.14 bits per heavy atom. The third-order valence-electron chi connectivity index (χ3n) is 3.90. The van der Waals surface area contributed by atoms with Crippen LogP contribution in [0, 0.1) is 0 Å². The summed E-state index contributed by atoms with van der Waals surface area (Å²) in [5, 5.41) is 3.84. The van der Waals surface area contributed by atoms with Crippen molar-refractivity contribution < 1.29 is 0 Å². The van der Waals surface area contributed by atoms with Crippen LogP contribution in [0.2, 0.25) is 5.02 Å². The molecule has 0 amide bonds. The van der Waals surface area contributed by atoms with Crippen LogP contribution in [0.25, 0.3) is 0 Å². The van der Waals surface area contributed by atoms with Gasteiger partial charge in [0, 0.05) is 32.4 Å². The second-order valence-corrected chi connectivity index (χ2v) is 5.67. The van der Waals surface area contributed by atoms with E-state index in [0.29, 0.717) is 11.0 Å². The van der Waals surface area contributed by atoms with Gasteiger partial charge in [0.15, 0.2) is 0 Å². The number of anilines is 3. The average Bonchev–Trinajstić information content (AvgIpc) is 2.57. The molecule has 22 heavy (non-hydrogen) atoms. The zero-order chi connectivity index (χ0) is 15.4. The molecule has 0 atom stereocenters. The Hall–Kier alpha value is -1.85. The topological polar surface area (TPSA) is 44.3 Å². The van der Waals surface area contributed by atoms with E-state index < -0.39 is 0 Å². The van der Waals surface area contributed by atoms with Crippen molar-refractivity contribution in [1.82, 2.24) is 14.9 Å². The Morgan fingerprint density at radius 3 is 2.64 bits per heavy atom. The summed E-state index contributed by atoms with van der Waals surface area (Å²) in [4.78, 5) is 13.6. The molecule has 0 radical (unpaired) electrons. The molecule has 0 spiro atoms. The monoisotopic (exact) mass is 317 g/mol. The molecule has 1 aromatic heterocycles. The first-order valence-corrected chi connectivity index (χ1v) is 7.96. The summed E-state index contributed by atoms with van der Waals surface area (Å²) in [5.41, 5.74) is 0.817. The summed E-state index contributed by atoms with van der Waals surface area (Å²) in [7, 11) is 0. The molecule has 1 aliphatic heterocycles. The summed E-state index contributed by atoms with van der Waals surface area (Å²) in [6.45, 7) is 7.46. The number of benzene rings is 1. The zero-order valence-corrected chi connectivity index (χ0v) is 13.4. The van der Waals surface area contributed by atoms with Gasteiger partial charge in [-0.15, -0.1) is 0 Å². The SMILES string of the molecule is CCN1CCN(c2ccnc(Nc3ccccc3Cl)n2)CC1. The van der Waals surface area contributed by atoms with Crippen LogP contribution in [0.4, 0.5) is 17.5 Å². The molecule has 1 aromatic carbocycles. The maximum atomic E-state index is 6.16. The minimum absolute atomic E-state index is 0.573. The first kappa shape index (κ1) is 15.1. The lowest BCUT2D eigenvalue weighted by Gasteiger charge is -2.34. The van der Waals surface area contributed by atoms with E-state index in [-0.39, 0.29) is 0 Å². The predicted molar refractivity (Wildman–Crippen MR) is 91.1 cm³/mol. The molecule has 6 heteroatoms. The normalized spacial score (nSPS) is 15.8. The van der Waals surface area contributed by atoms with Gasteiger partial charge >= 0.3 is 0 Å². The minimum atomic E-state index is 0.573. The molecule has 1 aliphatic rings. The standard InChI is InChI=1S/C16H20ClN5/c1-2-21-9-11-22(12-10-21)15-7-8-18-16(20-15)19-14-6-4-3-5-13(14)17/h3-8H,2,9-12H2,1H3,(H,18,19,20). The lowest BCUT2D eigenvalue weighted by atomic mass is 10.3. The van der Waals surface area contributed by atoms with Crippen molar-refractivity contribution in [3.05, 3.63) is 41.6 Å². The Bertz CT molecular complexity index is 625. The van der Waals surface area contributed by atoms with Gasteiger partial charge in [0.25, 0.3) is 0 Å². The number of likely N-dealkylation sites (N-methyl/N-ethyl adjacent to an activating group) is 1. The van der Waals surface area contributed by atoms with E-state index in [1.807, 2.05) is 30.3 Å². The van der Waals surface area contributed by atoms with Gasteiger partial charge in [0.1, 0.15) is 5.82 Å². The van der Waals surface area contributed by atoms with Crippen molar-refractivity contribution >= 4 is 29.1 Å². The van der Waals surface area contributed by atoms with E-state index in [9.17, 15) is 0 Å². The minimum Gasteiger partial charge on any atom is -0.354 e. The van der Waals surface area contributed by atoms with Crippen molar-refractivity contribution in [2.24, 2.45) is 0 Å². The number of hydrogen-bond acceptors (Lipinski definition) is 5. The molecule has 2 heterocycles. The highest BCUT2D eigenvalue weighted by Crippen LogP contribution is 2.24. The van der Waals surface area contributed by atoms with E-state index in [2.05, 4.69) is 32.0 Å². The van der Waals surface area contributed by atoms with E-state index in [1.54, 1.807) is 6.20 Å². The van der Waals surface area contributed by atoms with E-state index in [1.165, 1.54) is 0 Å². The van der Waals surface area contributed by atoms with Crippen LogP contribution in [0.15, 0.2) is 36.5 Å². The number of nitrogens with one attached hydrogen (secondary N) is 1. The van der Waals surface area contributed by atoms with Gasteiger partial charge in [-0.05, 0) is 24.7 Å². The molecule has 0 aliphatic carbocycles. The molecule has 5 nitrogen and oxygen atoms in total. The summed E-state index contributed by atoms with van der Waals surface area (Å²) >= 11 is 6.16. The smallest absolute Gasteiger partial charge is 0.229 e. The number of hydrogen-bond donors (Lipinski definition) is 1. The fourth-order valence-electron chi connectivity index (χ4n) is 2.56. The molecule has 116 valence electrons. The van der Waals surface area contributed by atoms with Crippen molar-refractivity contribution in [1.29, 1.82) is 0 Å². The molecule has 0 saturated carbocycles. The summed E-state index contributed by atoms with van der Waals surface area (Å²) in [6.07, 6.45) is 1.79. The van der Waals surface area contributed by atoms with Crippen molar-refractivity contribution in [3.8, 4) is 0 Å². The lowest BCUT2D eigenvalue weighted by Crippen LogP contribution is -2.46. The number of nitrogens with zero attached hydrogens (tertiary/aromatic N) is 4. The summed E-state index contributed by atoms with van der Waals surface area (Å²) < 4.78 is 0. The second kappa shape index (κ2) is 6.94. The Kier molecular flexibility index (Phi) is 4.75. The fourth-order valence-corrected chi connectivity index (χ4v) is 2.74. The maximum absolute atomic E-state index is 6.16. The Balaban J connectivity index is 1.72. The van der Waals surface area contributed by atoms with Gasteiger partial charge < -0.3 is 15.1 Å². The van der Waals surface area contributed by atoms with Crippen molar-refractivity contribution in [3.63, 3.8) is 0 Å². The third kappa shape index (κ3) is 3.48. The maximum Gasteiger partial charge on any atom is 0.229 e. The van der Waals surface area contributed by atoms with Gasteiger partial charge in [0.05, 0.1) is 10.7 Å². The molecule has 1 N–H and O–H groups in total. The molecule has 0 bridgehead atoms. The van der Waals surface area contributed by atoms with Crippen LogP contribution in [-0.4, -0.2) is 47.6 Å². The van der Waals surface area contributed by atoms with Crippen LogP contribution in [0.5, 0.6) is 0 Å². The van der Waals surface area contributed by atoms with Gasteiger partial charge in [-0.1, -0.05) is 30.7 Å². The van der Waals surface area contributed by atoms with Crippen molar-refractivity contribution in [2.75, 3.05) is 42.9 Å². The average molecular weight is 318 g/mol. The first-order chi connectivity index (χ1) is 10.8. The number of rotatable bonds is 4. The number of para-hydroxylation sites is 1. The quantitative estimate of drug-likeness (QED) is 0.939.